The second-order valence-corrected chi connectivity index (χ2v) is 6.27. The number of thiophene rings is 1. The fourth-order valence-electron chi connectivity index (χ4n) is 2.67. The van der Waals surface area contributed by atoms with Crippen LogP contribution in [0.1, 0.15) is 16.5 Å². The van der Waals surface area contributed by atoms with Crippen LogP contribution in [0.2, 0.25) is 5.02 Å². The van der Waals surface area contributed by atoms with Crippen LogP contribution in [0.3, 0.4) is 0 Å². The molecule has 3 rings (SSSR count). The molecule has 0 saturated carbocycles. The highest BCUT2D eigenvalue weighted by atomic mass is 35.5. The largest absolute Gasteiger partial charge is 0.506 e. The van der Waals surface area contributed by atoms with E-state index in [4.69, 9.17) is 11.6 Å². The van der Waals surface area contributed by atoms with E-state index >= 15 is 0 Å². The van der Waals surface area contributed by atoms with Crippen molar-refractivity contribution in [2.45, 2.75) is 6.04 Å². The lowest BCUT2D eigenvalue weighted by Crippen LogP contribution is -2.45. The number of aromatic hydroxyl groups is 1. The van der Waals surface area contributed by atoms with Crippen LogP contribution in [-0.2, 0) is 0 Å². The molecule has 1 atom stereocenters. The summed E-state index contributed by atoms with van der Waals surface area (Å²) in [4.78, 5) is 3.64. The fraction of sp³-hybridized carbons (Fsp3) is 0.333. The van der Waals surface area contributed by atoms with Crippen molar-refractivity contribution in [1.82, 2.24) is 10.2 Å². The third kappa shape index (κ3) is 2.69. The second kappa shape index (κ2) is 6.14. The van der Waals surface area contributed by atoms with Gasteiger partial charge in [0, 0.05) is 36.6 Å². The fourth-order valence-corrected chi connectivity index (χ4v) is 3.73. The van der Waals surface area contributed by atoms with Crippen molar-refractivity contribution in [3.8, 4) is 5.75 Å². The molecule has 3 nitrogen and oxygen atoms in total. The summed E-state index contributed by atoms with van der Waals surface area (Å²) in [6.07, 6.45) is 0. The summed E-state index contributed by atoms with van der Waals surface area (Å²) < 4.78 is 0. The Morgan fingerprint density at radius 2 is 2.00 bits per heavy atom. The van der Waals surface area contributed by atoms with Crippen LogP contribution in [0, 0.1) is 0 Å². The summed E-state index contributed by atoms with van der Waals surface area (Å²) in [5.74, 6) is 0.200. The lowest BCUT2D eigenvalue weighted by atomic mass is 10.0. The number of halogens is 1. The number of nitrogens with zero attached hydrogens (tertiary/aromatic N) is 1. The first kappa shape index (κ1) is 13.9. The number of para-hydroxylation sites is 1. The molecular weight excluding hydrogens is 292 g/mol. The van der Waals surface area contributed by atoms with Crippen molar-refractivity contribution in [1.29, 1.82) is 0 Å². The minimum atomic E-state index is 0.0794. The average Bonchev–Trinajstić information content (AvgIpc) is 2.99. The van der Waals surface area contributed by atoms with Crippen molar-refractivity contribution >= 4 is 22.9 Å². The topological polar surface area (TPSA) is 35.5 Å². The molecule has 1 aromatic heterocycles. The van der Waals surface area contributed by atoms with E-state index in [1.165, 1.54) is 4.88 Å². The minimum absolute atomic E-state index is 0.0794. The number of benzene rings is 1. The predicted molar refractivity (Wildman–Crippen MR) is 83.7 cm³/mol. The van der Waals surface area contributed by atoms with Crippen LogP contribution in [0.5, 0.6) is 5.75 Å². The van der Waals surface area contributed by atoms with E-state index in [9.17, 15) is 5.11 Å². The SMILES string of the molecule is Oc1c(Cl)cccc1[C@H](c1cccs1)N1CCNCC1. The number of phenolic OH excluding ortho intramolecular Hbond substituents is 1. The van der Waals surface area contributed by atoms with Crippen molar-refractivity contribution in [3.05, 3.63) is 51.2 Å². The molecule has 1 aliphatic heterocycles. The van der Waals surface area contributed by atoms with E-state index in [0.717, 1.165) is 31.7 Å². The Kier molecular flexibility index (Phi) is 4.27. The van der Waals surface area contributed by atoms with Gasteiger partial charge in [-0.1, -0.05) is 29.8 Å². The highest BCUT2D eigenvalue weighted by Crippen LogP contribution is 2.39. The molecule has 1 saturated heterocycles. The Hall–Kier alpha value is -1.07. The number of hydrogen-bond acceptors (Lipinski definition) is 4. The molecule has 2 heterocycles. The summed E-state index contributed by atoms with van der Waals surface area (Å²) in [7, 11) is 0. The molecule has 1 fully saturated rings. The van der Waals surface area contributed by atoms with Gasteiger partial charge in [-0.25, -0.2) is 0 Å². The Morgan fingerprint density at radius 1 is 1.20 bits per heavy atom. The van der Waals surface area contributed by atoms with Gasteiger partial charge < -0.3 is 10.4 Å². The van der Waals surface area contributed by atoms with Gasteiger partial charge in [0.05, 0.1) is 11.1 Å². The van der Waals surface area contributed by atoms with Crippen LogP contribution in [0.15, 0.2) is 35.7 Å². The molecule has 0 amide bonds. The maximum Gasteiger partial charge on any atom is 0.139 e. The van der Waals surface area contributed by atoms with E-state index < -0.39 is 0 Å². The first-order chi connectivity index (χ1) is 9.77. The number of phenols is 1. The quantitative estimate of drug-likeness (QED) is 0.914. The maximum absolute atomic E-state index is 10.3. The van der Waals surface area contributed by atoms with Gasteiger partial charge in [0.25, 0.3) is 0 Å². The predicted octanol–water partition coefficient (Wildman–Crippen LogP) is 3.10. The maximum atomic E-state index is 10.3. The summed E-state index contributed by atoms with van der Waals surface area (Å²) in [6, 6.07) is 9.85. The highest BCUT2D eigenvalue weighted by Gasteiger charge is 2.27. The van der Waals surface area contributed by atoms with E-state index in [1.54, 1.807) is 17.4 Å². The van der Waals surface area contributed by atoms with Gasteiger partial charge in [-0.15, -0.1) is 11.3 Å². The average molecular weight is 309 g/mol. The van der Waals surface area contributed by atoms with Crippen molar-refractivity contribution in [2.75, 3.05) is 26.2 Å². The third-order valence-electron chi connectivity index (χ3n) is 3.64. The van der Waals surface area contributed by atoms with Crippen molar-refractivity contribution in [2.24, 2.45) is 0 Å². The Bertz CT molecular complexity index is 567. The van der Waals surface area contributed by atoms with Gasteiger partial charge in [-0.2, -0.15) is 0 Å². The zero-order valence-electron chi connectivity index (χ0n) is 11.1. The van der Waals surface area contributed by atoms with Gasteiger partial charge in [0.2, 0.25) is 0 Å². The summed E-state index contributed by atoms with van der Waals surface area (Å²) >= 11 is 7.80. The van der Waals surface area contributed by atoms with Crippen molar-refractivity contribution in [3.63, 3.8) is 0 Å². The van der Waals surface area contributed by atoms with E-state index in [0.29, 0.717) is 5.02 Å². The number of piperazine rings is 1. The normalized spacial score (nSPS) is 18.1. The lowest BCUT2D eigenvalue weighted by Gasteiger charge is -2.35. The van der Waals surface area contributed by atoms with E-state index in [2.05, 4.69) is 27.7 Å². The first-order valence-corrected chi connectivity index (χ1v) is 7.98. The summed E-state index contributed by atoms with van der Waals surface area (Å²) in [5.41, 5.74) is 0.891. The summed E-state index contributed by atoms with van der Waals surface area (Å²) in [5, 5.41) is 16.2. The molecule has 0 spiro atoms. The molecule has 5 heteroatoms. The standard InChI is InChI=1S/C15H17ClN2OS/c16-12-4-1-3-11(15(12)19)14(13-5-2-10-20-13)18-8-6-17-7-9-18/h1-5,10,14,17,19H,6-9H2/t14-/m1/s1. The zero-order valence-corrected chi connectivity index (χ0v) is 12.6. The molecule has 1 aromatic carbocycles. The van der Waals surface area contributed by atoms with Crippen LogP contribution < -0.4 is 5.32 Å². The monoisotopic (exact) mass is 308 g/mol. The molecule has 0 radical (unpaired) electrons. The van der Waals surface area contributed by atoms with Gasteiger partial charge >= 0.3 is 0 Å². The minimum Gasteiger partial charge on any atom is -0.506 e. The molecule has 2 aromatic rings. The smallest absolute Gasteiger partial charge is 0.139 e. The van der Waals surface area contributed by atoms with Gasteiger partial charge in [0.1, 0.15) is 5.75 Å². The second-order valence-electron chi connectivity index (χ2n) is 4.88. The molecule has 0 bridgehead atoms. The molecule has 0 unspecified atom stereocenters. The lowest BCUT2D eigenvalue weighted by molar-refractivity contribution is 0.198. The zero-order chi connectivity index (χ0) is 13.9. The van der Waals surface area contributed by atoms with Crippen LogP contribution in [-0.4, -0.2) is 36.2 Å². The molecule has 106 valence electrons. The first-order valence-electron chi connectivity index (χ1n) is 6.73. The number of nitrogens with one attached hydrogen (secondary N) is 1. The summed E-state index contributed by atoms with van der Waals surface area (Å²) in [6.45, 7) is 3.88. The third-order valence-corrected chi connectivity index (χ3v) is 4.87. The molecule has 2 N–H and O–H groups in total. The van der Waals surface area contributed by atoms with Gasteiger partial charge in [-0.3, -0.25) is 4.90 Å². The Labute approximate surface area is 127 Å². The van der Waals surface area contributed by atoms with Crippen molar-refractivity contribution < 1.29 is 5.11 Å². The number of hydrogen-bond donors (Lipinski definition) is 2. The molecular formula is C15H17ClN2OS. The van der Waals surface area contributed by atoms with E-state index in [1.807, 2.05) is 12.1 Å². The number of rotatable bonds is 3. The molecule has 20 heavy (non-hydrogen) atoms. The molecule has 0 aliphatic carbocycles. The van der Waals surface area contributed by atoms with Gasteiger partial charge in [0.15, 0.2) is 0 Å². The van der Waals surface area contributed by atoms with E-state index in [-0.39, 0.29) is 11.8 Å². The van der Waals surface area contributed by atoms with Gasteiger partial charge in [-0.05, 0) is 17.5 Å². The Balaban J connectivity index is 2.03. The molecule has 1 aliphatic rings. The Morgan fingerprint density at radius 3 is 2.70 bits per heavy atom. The highest BCUT2D eigenvalue weighted by molar-refractivity contribution is 7.10. The van der Waals surface area contributed by atoms with Crippen LogP contribution in [0.25, 0.3) is 0 Å². The van der Waals surface area contributed by atoms with Crippen LogP contribution >= 0.6 is 22.9 Å². The van der Waals surface area contributed by atoms with Crippen LogP contribution in [0.4, 0.5) is 0 Å².